The number of carbonyl (C=O) groups excluding carboxylic acids is 3. The van der Waals surface area contributed by atoms with E-state index in [-0.39, 0.29) is 25.7 Å². The molecule has 0 bridgehead atoms. The summed E-state index contributed by atoms with van der Waals surface area (Å²) < 4.78 is 9.46. The number of nitrogens with zero attached hydrogens (tertiary/aromatic N) is 2. The van der Waals surface area contributed by atoms with Crippen LogP contribution in [0.1, 0.15) is 32.1 Å². The van der Waals surface area contributed by atoms with Crippen molar-refractivity contribution in [1.82, 2.24) is 5.32 Å². The normalized spacial score (nSPS) is 10.6. The number of rotatable bonds is 13. The van der Waals surface area contributed by atoms with Gasteiger partial charge >= 0.3 is 5.97 Å². The summed E-state index contributed by atoms with van der Waals surface area (Å²) in [4.78, 5) is 36.8. The highest BCUT2D eigenvalue weighted by Gasteiger charge is 2.18. The van der Waals surface area contributed by atoms with Crippen molar-refractivity contribution in [1.29, 1.82) is 5.26 Å². The average Bonchev–Trinajstić information content (AvgIpc) is 2.55. The van der Waals surface area contributed by atoms with Crippen LogP contribution in [0.2, 0.25) is 0 Å². The van der Waals surface area contributed by atoms with Crippen molar-refractivity contribution in [3.8, 4) is 6.26 Å². The van der Waals surface area contributed by atoms with Crippen LogP contribution in [0.25, 0.3) is 0 Å². The number of allylic oxidation sites excluding steroid dienone is 1. The van der Waals surface area contributed by atoms with Gasteiger partial charge in [-0.2, -0.15) is 10.3 Å². The highest BCUT2D eigenvalue weighted by molar-refractivity contribution is 5.77. The van der Waals surface area contributed by atoms with E-state index in [2.05, 4.69) is 21.6 Å². The highest BCUT2D eigenvalue weighted by atomic mass is 16.5. The molecule has 0 aliphatic rings. The first-order valence-corrected chi connectivity index (χ1v) is 7.27. The molecule has 1 atom stereocenters. The average molecular weight is 323 g/mol. The Morgan fingerprint density at radius 2 is 2.13 bits per heavy atom. The lowest BCUT2D eigenvalue weighted by Gasteiger charge is -2.11. The number of isocyanates is 1. The van der Waals surface area contributed by atoms with E-state index in [9.17, 15) is 14.4 Å². The second kappa shape index (κ2) is 14.3. The van der Waals surface area contributed by atoms with Crippen molar-refractivity contribution in [3.63, 3.8) is 0 Å². The maximum atomic E-state index is 11.8. The molecule has 0 aliphatic carbocycles. The molecule has 1 amide bonds. The molecular weight excluding hydrogens is 302 g/mol. The number of amides is 1. The SMILES string of the molecule is C=CCCC(=O)NCCOC(=O)C(CCCCOC#N)N=C=O. The molecule has 0 heterocycles. The summed E-state index contributed by atoms with van der Waals surface area (Å²) in [6.45, 7) is 3.96. The lowest BCUT2D eigenvalue weighted by atomic mass is 10.1. The number of esters is 1. The Hall–Kier alpha value is -2.65. The number of nitrogens with one attached hydrogen (secondary N) is 1. The van der Waals surface area contributed by atoms with Gasteiger partial charge < -0.3 is 14.8 Å². The van der Waals surface area contributed by atoms with Crippen molar-refractivity contribution < 1.29 is 23.9 Å². The van der Waals surface area contributed by atoms with E-state index < -0.39 is 12.0 Å². The highest BCUT2D eigenvalue weighted by Crippen LogP contribution is 2.07. The van der Waals surface area contributed by atoms with E-state index in [0.29, 0.717) is 32.1 Å². The molecule has 0 aromatic carbocycles. The zero-order chi connectivity index (χ0) is 17.3. The predicted octanol–water partition coefficient (Wildman–Crippen LogP) is 0.984. The van der Waals surface area contributed by atoms with Crippen LogP contribution in [0.3, 0.4) is 0 Å². The second-order valence-corrected chi connectivity index (χ2v) is 4.52. The lowest BCUT2D eigenvalue weighted by molar-refractivity contribution is -0.145. The maximum absolute atomic E-state index is 11.8. The Bertz CT molecular complexity index is 466. The Morgan fingerprint density at radius 1 is 1.35 bits per heavy atom. The van der Waals surface area contributed by atoms with E-state index in [1.807, 2.05) is 0 Å². The molecule has 0 saturated carbocycles. The van der Waals surface area contributed by atoms with Crippen molar-refractivity contribution in [2.45, 2.75) is 38.1 Å². The Kier molecular flexibility index (Phi) is 12.6. The number of ether oxygens (including phenoxy) is 2. The van der Waals surface area contributed by atoms with Gasteiger partial charge in [0.2, 0.25) is 12.0 Å². The molecule has 0 rings (SSSR count). The Balaban J connectivity index is 3.97. The minimum atomic E-state index is -0.925. The molecule has 23 heavy (non-hydrogen) atoms. The number of hydrogen-bond acceptors (Lipinski definition) is 7. The zero-order valence-electron chi connectivity index (χ0n) is 13.0. The standard InChI is InChI=1S/C15H21N3O5/c1-2-3-7-14(20)17-8-10-23-15(21)13(18-12-19)6-4-5-9-22-11-16/h2,13H,1,3-10H2,(H,17,20). The molecule has 0 aliphatic heterocycles. The summed E-state index contributed by atoms with van der Waals surface area (Å²) in [5.41, 5.74) is 0. The third-order valence-electron chi connectivity index (χ3n) is 2.76. The maximum Gasteiger partial charge on any atom is 0.331 e. The Morgan fingerprint density at radius 3 is 2.78 bits per heavy atom. The van der Waals surface area contributed by atoms with Crippen molar-refractivity contribution in [2.75, 3.05) is 19.8 Å². The Labute approximate surface area is 135 Å². The third-order valence-corrected chi connectivity index (χ3v) is 2.76. The summed E-state index contributed by atoms with van der Waals surface area (Å²) in [7, 11) is 0. The molecule has 0 aromatic heterocycles. The summed E-state index contributed by atoms with van der Waals surface area (Å²) in [5.74, 6) is -0.796. The smallest absolute Gasteiger partial charge is 0.331 e. The fraction of sp³-hybridized carbons (Fsp3) is 0.600. The monoisotopic (exact) mass is 323 g/mol. The first-order valence-electron chi connectivity index (χ1n) is 7.27. The van der Waals surface area contributed by atoms with Gasteiger partial charge in [-0.05, 0) is 25.7 Å². The molecule has 126 valence electrons. The van der Waals surface area contributed by atoms with Gasteiger partial charge in [-0.15, -0.1) is 6.58 Å². The van der Waals surface area contributed by atoms with Gasteiger partial charge in [0, 0.05) is 6.42 Å². The first kappa shape index (κ1) is 20.3. The van der Waals surface area contributed by atoms with Crippen molar-refractivity contribution >= 4 is 18.0 Å². The second-order valence-electron chi connectivity index (χ2n) is 4.52. The van der Waals surface area contributed by atoms with Crippen LogP contribution in [-0.2, 0) is 23.9 Å². The van der Waals surface area contributed by atoms with Crippen LogP contribution in [0.5, 0.6) is 0 Å². The van der Waals surface area contributed by atoms with Crippen LogP contribution in [0.15, 0.2) is 17.6 Å². The van der Waals surface area contributed by atoms with Gasteiger partial charge in [-0.25, -0.2) is 9.59 Å². The van der Waals surface area contributed by atoms with E-state index >= 15 is 0 Å². The van der Waals surface area contributed by atoms with Crippen LogP contribution < -0.4 is 5.32 Å². The molecule has 0 aromatic rings. The summed E-state index contributed by atoms with van der Waals surface area (Å²) in [6, 6.07) is -0.925. The minimum absolute atomic E-state index is 0.00107. The van der Waals surface area contributed by atoms with Gasteiger partial charge in [-0.1, -0.05) is 6.08 Å². The molecule has 0 spiro atoms. The van der Waals surface area contributed by atoms with E-state index in [1.54, 1.807) is 12.3 Å². The number of aliphatic imine (C=N–C) groups is 1. The number of carbonyl (C=O) groups is 2. The summed E-state index contributed by atoms with van der Waals surface area (Å²) in [5, 5.41) is 10.8. The van der Waals surface area contributed by atoms with Crippen LogP contribution in [0.4, 0.5) is 0 Å². The van der Waals surface area contributed by atoms with Crippen molar-refractivity contribution in [2.24, 2.45) is 4.99 Å². The first-order chi connectivity index (χ1) is 11.2. The lowest BCUT2D eigenvalue weighted by Crippen LogP contribution is -2.30. The van der Waals surface area contributed by atoms with Crippen molar-refractivity contribution in [3.05, 3.63) is 12.7 Å². The number of hydrogen-bond donors (Lipinski definition) is 1. The molecule has 1 unspecified atom stereocenters. The van der Waals surface area contributed by atoms with Gasteiger partial charge in [0.25, 0.3) is 6.26 Å². The van der Waals surface area contributed by atoms with E-state index in [1.165, 1.54) is 6.08 Å². The molecular formula is C15H21N3O5. The van der Waals surface area contributed by atoms with Crippen LogP contribution >= 0.6 is 0 Å². The fourth-order valence-electron chi connectivity index (χ4n) is 1.62. The topological polar surface area (TPSA) is 118 Å². The van der Waals surface area contributed by atoms with Gasteiger partial charge in [0.1, 0.15) is 13.2 Å². The van der Waals surface area contributed by atoms with Gasteiger partial charge in [0.15, 0.2) is 6.04 Å². The summed E-state index contributed by atoms with van der Waals surface area (Å²) >= 11 is 0. The van der Waals surface area contributed by atoms with Gasteiger partial charge in [-0.3, -0.25) is 4.79 Å². The predicted molar refractivity (Wildman–Crippen MR) is 80.7 cm³/mol. The molecule has 8 nitrogen and oxygen atoms in total. The van der Waals surface area contributed by atoms with E-state index in [0.717, 1.165) is 0 Å². The largest absolute Gasteiger partial charge is 0.462 e. The van der Waals surface area contributed by atoms with Crippen LogP contribution in [-0.4, -0.2) is 43.8 Å². The molecule has 1 N–H and O–H groups in total. The third kappa shape index (κ3) is 11.7. The molecule has 8 heteroatoms. The van der Waals surface area contributed by atoms with E-state index in [4.69, 9.17) is 10.00 Å². The summed E-state index contributed by atoms with van der Waals surface area (Å²) in [6.07, 6.45) is 6.85. The number of unbranched alkanes of at least 4 members (excludes halogenated alkanes) is 1. The zero-order valence-corrected chi connectivity index (χ0v) is 13.0. The molecule has 0 fully saturated rings. The fourth-order valence-corrected chi connectivity index (χ4v) is 1.62. The number of nitriles is 1. The van der Waals surface area contributed by atoms with Gasteiger partial charge in [0.05, 0.1) is 6.54 Å². The molecule has 0 saturated heterocycles. The minimum Gasteiger partial charge on any atom is -0.462 e. The van der Waals surface area contributed by atoms with Crippen LogP contribution in [0, 0.1) is 11.5 Å². The quantitative estimate of drug-likeness (QED) is 0.135. The molecule has 0 radical (unpaired) electrons.